The highest BCUT2D eigenvalue weighted by atomic mass is 16.1. The summed E-state index contributed by atoms with van der Waals surface area (Å²) in [6, 6.07) is 0.593. The maximum Gasteiger partial charge on any atom is 0.137 e. The fraction of sp³-hybridized carbons (Fsp3) is 0.941. The maximum atomic E-state index is 12.0. The van der Waals surface area contributed by atoms with E-state index in [9.17, 15) is 4.79 Å². The third-order valence-corrected chi connectivity index (χ3v) is 5.03. The summed E-state index contributed by atoms with van der Waals surface area (Å²) in [6.45, 7) is 4.74. The number of carbonyl (C=O) groups excluding carboxylic acids is 1. The number of nitrogens with zero attached hydrogens (tertiary/aromatic N) is 1. The predicted molar refractivity (Wildman–Crippen MR) is 80.3 cm³/mol. The number of unbranched alkanes of at least 4 members (excludes halogenated alkanes) is 4. The van der Waals surface area contributed by atoms with Crippen LogP contribution >= 0.6 is 0 Å². The van der Waals surface area contributed by atoms with Crippen LogP contribution in [0.4, 0.5) is 0 Å². The zero-order valence-electron chi connectivity index (χ0n) is 12.7. The molecule has 0 aromatic heterocycles. The van der Waals surface area contributed by atoms with Gasteiger partial charge >= 0.3 is 0 Å². The number of carbonyl (C=O) groups is 1. The molecule has 1 saturated heterocycles. The summed E-state index contributed by atoms with van der Waals surface area (Å²) < 4.78 is 0. The first-order valence-corrected chi connectivity index (χ1v) is 8.59. The molecule has 0 amide bonds. The summed E-state index contributed by atoms with van der Waals surface area (Å²) in [7, 11) is 0. The van der Waals surface area contributed by atoms with Crippen LogP contribution < -0.4 is 0 Å². The fourth-order valence-corrected chi connectivity index (χ4v) is 3.92. The van der Waals surface area contributed by atoms with Crippen molar-refractivity contribution in [1.29, 1.82) is 0 Å². The molecule has 1 heterocycles. The van der Waals surface area contributed by atoms with Crippen LogP contribution in [0.15, 0.2) is 0 Å². The molecule has 2 aliphatic rings. The first-order chi connectivity index (χ1) is 9.33. The van der Waals surface area contributed by atoms with E-state index in [1.54, 1.807) is 0 Å². The van der Waals surface area contributed by atoms with Crippen molar-refractivity contribution in [3.8, 4) is 0 Å². The summed E-state index contributed by atoms with van der Waals surface area (Å²) >= 11 is 0. The van der Waals surface area contributed by atoms with Gasteiger partial charge in [0, 0.05) is 18.4 Å². The van der Waals surface area contributed by atoms with E-state index in [-0.39, 0.29) is 0 Å². The zero-order chi connectivity index (χ0) is 13.5. The van der Waals surface area contributed by atoms with Crippen LogP contribution in [-0.4, -0.2) is 29.8 Å². The van der Waals surface area contributed by atoms with Crippen LogP contribution in [0, 0.1) is 5.92 Å². The Hall–Kier alpha value is -0.370. The van der Waals surface area contributed by atoms with Crippen molar-refractivity contribution >= 4 is 5.78 Å². The SMILES string of the molecule is CCCCCCCN1CCCCC1C1CCCC1=O. The Morgan fingerprint density at radius 3 is 2.63 bits per heavy atom. The lowest BCUT2D eigenvalue weighted by Crippen LogP contribution is -2.45. The maximum absolute atomic E-state index is 12.0. The largest absolute Gasteiger partial charge is 0.300 e. The number of piperidine rings is 1. The number of likely N-dealkylation sites (tertiary alicyclic amines) is 1. The molecule has 2 unspecified atom stereocenters. The molecular weight excluding hydrogens is 234 g/mol. The van der Waals surface area contributed by atoms with Gasteiger partial charge in [-0.25, -0.2) is 0 Å². The Kier molecular flexibility index (Phi) is 6.36. The Morgan fingerprint density at radius 2 is 1.89 bits per heavy atom. The topological polar surface area (TPSA) is 20.3 Å². The van der Waals surface area contributed by atoms with Crippen molar-refractivity contribution in [1.82, 2.24) is 4.90 Å². The fourth-order valence-electron chi connectivity index (χ4n) is 3.92. The molecule has 1 aliphatic heterocycles. The molecule has 2 heteroatoms. The molecule has 2 rings (SSSR count). The van der Waals surface area contributed by atoms with Gasteiger partial charge in [0.25, 0.3) is 0 Å². The van der Waals surface area contributed by atoms with Gasteiger partial charge in [0.2, 0.25) is 0 Å². The van der Waals surface area contributed by atoms with Crippen LogP contribution in [0.25, 0.3) is 0 Å². The summed E-state index contributed by atoms with van der Waals surface area (Å²) in [5.74, 6) is 0.943. The van der Waals surface area contributed by atoms with Gasteiger partial charge in [-0.2, -0.15) is 0 Å². The molecule has 0 bridgehead atoms. The Balaban J connectivity index is 1.77. The van der Waals surface area contributed by atoms with Gasteiger partial charge < -0.3 is 0 Å². The van der Waals surface area contributed by atoms with E-state index in [2.05, 4.69) is 11.8 Å². The lowest BCUT2D eigenvalue weighted by Gasteiger charge is -2.38. The van der Waals surface area contributed by atoms with Gasteiger partial charge in [0.15, 0.2) is 0 Å². The first-order valence-electron chi connectivity index (χ1n) is 8.59. The van der Waals surface area contributed by atoms with E-state index >= 15 is 0 Å². The number of rotatable bonds is 7. The van der Waals surface area contributed by atoms with Gasteiger partial charge in [0.1, 0.15) is 5.78 Å². The molecular formula is C17H31NO. The Morgan fingerprint density at radius 1 is 1.05 bits per heavy atom. The Labute approximate surface area is 118 Å². The number of Topliss-reactive ketones (excluding diaryl/α,β-unsaturated/α-hetero) is 1. The summed E-state index contributed by atoms with van der Waals surface area (Å²) in [5.41, 5.74) is 0. The third kappa shape index (κ3) is 4.30. The van der Waals surface area contributed by atoms with Crippen molar-refractivity contribution in [2.45, 2.75) is 83.6 Å². The molecule has 2 atom stereocenters. The van der Waals surface area contributed by atoms with Gasteiger partial charge in [0.05, 0.1) is 0 Å². The van der Waals surface area contributed by atoms with Crippen molar-refractivity contribution in [3.05, 3.63) is 0 Å². The minimum absolute atomic E-state index is 0.385. The van der Waals surface area contributed by atoms with E-state index in [0.717, 1.165) is 19.3 Å². The summed E-state index contributed by atoms with van der Waals surface area (Å²) in [6.07, 6.45) is 13.9. The van der Waals surface area contributed by atoms with Crippen molar-refractivity contribution in [2.24, 2.45) is 5.92 Å². The van der Waals surface area contributed by atoms with Gasteiger partial charge in [-0.1, -0.05) is 39.0 Å². The van der Waals surface area contributed by atoms with Crippen LogP contribution in [0.3, 0.4) is 0 Å². The van der Waals surface area contributed by atoms with E-state index in [4.69, 9.17) is 0 Å². The minimum atomic E-state index is 0.385. The zero-order valence-corrected chi connectivity index (χ0v) is 12.7. The van der Waals surface area contributed by atoms with Gasteiger partial charge in [-0.3, -0.25) is 9.69 Å². The molecule has 0 radical (unpaired) electrons. The predicted octanol–water partition coefficient (Wildman–Crippen LogP) is 4.18. The molecule has 2 fully saturated rings. The standard InChI is InChI=1S/C17H31NO/c1-2-3-4-5-7-13-18-14-8-6-11-16(18)15-10-9-12-17(15)19/h15-16H,2-14H2,1H3. The monoisotopic (exact) mass is 265 g/mol. The normalized spacial score (nSPS) is 29.0. The van der Waals surface area contributed by atoms with E-state index in [0.29, 0.717) is 17.7 Å². The molecule has 0 aromatic carbocycles. The molecule has 0 aromatic rings. The summed E-state index contributed by atoms with van der Waals surface area (Å²) in [4.78, 5) is 14.7. The molecule has 110 valence electrons. The number of hydrogen-bond donors (Lipinski definition) is 0. The summed E-state index contributed by atoms with van der Waals surface area (Å²) in [5, 5.41) is 0. The lowest BCUT2D eigenvalue weighted by molar-refractivity contribution is -0.123. The first kappa shape index (κ1) is 15.0. The second kappa shape index (κ2) is 8.04. The highest BCUT2D eigenvalue weighted by molar-refractivity contribution is 5.83. The van der Waals surface area contributed by atoms with Gasteiger partial charge in [-0.05, 0) is 45.2 Å². The number of ketones is 1. The highest BCUT2D eigenvalue weighted by Gasteiger charge is 2.36. The minimum Gasteiger partial charge on any atom is -0.300 e. The molecule has 1 aliphatic carbocycles. The van der Waals surface area contributed by atoms with Crippen LogP contribution in [0.1, 0.15) is 77.6 Å². The van der Waals surface area contributed by atoms with Crippen LogP contribution in [0.5, 0.6) is 0 Å². The van der Waals surface area contributed by atoms with Crippen molar-refractivity contribution < 1.29 is 4.79 Å². The Bertz CT molecular complexity index is 276. The smallest absolute Gasteiger partial charge is 0.137 e. The molecule has 2 nitrogen and oxygen atoms in total. The average molecular weight is 265 g/mol. The van der Waals surface area contributed by atoms with Crippen LogP contribution in [-0.2, 0) is 4.79 Å². The second-order valence-corrected chi connectivity index (χ2v) is 6.48. The van der Waals surface area contributed by atoms with Crippen LogP contribution in [0.2, 0.25) is 0 Å². The lowest BCUT2D eigenvalue weighted by atomic mass is 9.88. The molecule has 0 N–H and O–H groups in total. The van der Waals surface area contributed by atoms with Crippen molar-refractivity contribution in [2.75, 3.05) is 13.1 Å². The second-order valence-electron chi connectivity index (χ2n) is 6.48. The molecule has 1 saturated carbocycles. The molecule has 0 spiro atoms. The number of hydrogen-bond acceptors (Lipinski definition) is 2. The highest BCUT2D eigenvalue weighted by Crippen LogP contribution is 2.32. The molecule has 19 heavy (non-hydrogen) atoms. The quantitative estimate of drug-likeness (QED) is 0.644. The van der Waals surface area contributed by atoms with Gasteiger partial charge in [-0.15, -0.1) is 0 Å². The van der Waals surface area contributed by atoms with Crippen molar-refractivity contribution in [3.63, 3.8) is 0 Å². The average Bonchev–Trinajstić information content (AvgIpc) is 2.85. The van der Waals surface area contributed by atoms with E-state index in [1.807, 2.05) is 0 Å². The van der Waals surface area contributed by atoms with E-state index < -0.39 is 0 Å². The third-order valence-electron chi connectivity index (χ3n) is 5.03. The van der Waals surface area contributed by atoms with E-state index in [1.165, 1.54) is 64.5 Å².